The first-order chi connectivity index (χ1) is 8.47. The molecular weight excluding hydrogens is 338 g/mol. The fourth-order valence-electron chi connectivity index (χ4n) is 1.37. The molecule has 3 nitrogen and oxygen atoms in total. The van der Waals surface area contributed by atoms with Crippen molar-refractivity contribution < 1.29 is 8.42 Å². The van der Waals surface area contributed by atoms with E-state index in [-0.39, 0.29) is 4.90 Å². The summed E-state index contributed by atoms with van der Waals surface area (Å²) in [6.45, 7) is 0. The number of rotatable bonds is 3. The lowest BCUT2D eigenvalue weighted by molar-refractivity contribution is 0.601. The summed E-state index contributed by atoms with van der Waals surface area (Å²) in [7, 11) is -3.60. The average molecular weight is 347 g/mol. The van der Waals surface area contributed by atoms with E-state index in [1.54, 1.807) is 36.4 Å². The fraction of sp³-hybridized carbons (Fsp3) is 0. The highest BCUT2D eigenvalue weighted by molar-refractivity contribution is 9.10. The van der Waals surface area contributed by atoms with Gasteiger partial charge in [0, 0.05) is 15.2 Å². The van der Waals surface area contributed by atoms with E-state index < -0.39 is 10.0 Å². The molecule has 0 unspecified atom stereocenters. The van der Waals surface area contributed by atoms with Crippen molar-refractivity contribution in [2.24, 2.45) is 0 Å². The highest BCUT2D eigenvalue weighted by Crippen LogP contribution is 2.20. The molecule has 6 heteroatoms. The molecule has 0 amide bonds. The van der Waals surface area contributed by atoms with Gasteiger partial charge in [0.15, 0.2) is 0 Å². The van der Waals surface area contributed by atoms with Crippen molar-refractivity contribution in [2.75, 3.05) is 4.72 Å². The van der Waals surface area contributed by atoms with E-state index in [1.807, 2.05) is 0 Å². The van der Waals surface area contributed by atoms with E-state index in [0.717, 1.165) is 4.47 Å². The Morgan fingerprint density at radius 1 is 1.06 bits per heavy atom. The molecule has 0 aliphatic heterocycles. The molecule has 0 heterocycles. The molecule has 2 aromatic carbocycles. The number of sulfonamides is 1. The number of hydrogen-bond acceptors (Lipinski definition) is 2. The van der Waals surface area contributed by atoms with Gasteiger partial charge in [-0.3, -0.25) is 4.72 Å². The second-order valence-electron chi connectivity index (χ2n) is 3.57. The highest BCUT2D eigenvalue weighted by atomic mass is 79.9. The summed E-state index contributed by atoms with van der Waals surface area (Å²) >= 11 is 9.06. The van der Waals surface area contributed by atoms with Gasteiger partial charge in [-0.25, -0.2) is 8.42 Å². The van der Waals surface area contributed by atoms with Crippen molar-refractivity contribution in [3.8, 4) is 0 Å². The van der Waals surface area contributed by atoms with Crippen molar-refractivity contribution in [3.05, 3.63) is 58.0 Å². The van der Waals surface area contributed by atoms with Crippen molar-refractivity contribution in [2.45, 2.75) is 4.90 Å². The van der Waals surface area contributed by atoms with Crippen molar-refractivity contribution in [1.82, 2.24) is 0 Å². The molecule has 0 aliphatic carbocycles. The van der Waals surface area contributed by atoms with E-state index in [0.29, 0.717) is 10.7 Å². The van der Waals surface area contributed by atoms with Crippen molar-refractivity contribution in [1.29, 1.82) is 0 Å². The third kappa shape index (κ3) is 3.25. The highest BCUT2D eigenvalue weighted by Gasteiger charge is 2.14. The summed E-state index contributed by atoms with van der Waals surface area (Å²) in [6, 6.07) is 13.0. The Morgan fingerprint density at radius 2 is 1.72 bits per heavy atom. The minimum atomic E-state index is -3.60. The normalized spacial score (nSPS) is 11.2. The lowest BCUT2D eigenvalue weighted by Gasteiger charge is -2.08. The van der Waals surface area contributed by atoms with Gasteiger partial charge in [-0.1, -0.05) is 33.6 Å². The zero-order valence-corrected chi connectivity index (χ0v) is 12.3. The Labute approximate surface area is 119 Å². The Kier molecular flexibility index (Phi) is 3.94. The van der Waals surface area contributed by atoms with Crippen LogP contribution < -0.4 is 4.72 Å². The van der Waals surface area contributed by atoms with E-state index in [2.05, 4.69) is 20.7 Å². The average Bonchev–Trinajstić information content (AvgIpc) is 2.32. The fourth-order valence-corrected chi connectivity index (χ4v) is 2.99. The number of hydrogen-bond donors (Lipinski definition) is 1. The van der Waals surface area contributed by atoms with Crippen LogP contribution in [0, 0.1) is 0 Å². The minimum absolute atomic E-state index is 0.137. The molecule has 0 aliphatic rings. The zero-order chi connectivity index (χ0) is 13.2. The molecule has 0 saturated carbocycles. The first-order valence-corrected chi connectivity index (χ1v) is 7.67. The van der Waals surface area contributed by atoms with E-state index in [4.69, 9.17) is 11.6 Å². The van der Waals surface area contributed by atoms with Crippen molar-refractivity contribution >= 4 is 43.2 Å². The van der Waals surface area contributed by atoms with Gasteiger partial charge < -0.3 is 0 Å². The molecular formula is C12H9BrClNO2S. The molecule has 94 valence electrons. The molecule has 2 aromatic rings. The second-order valence-corrected chi connectivity index (χ2v) is 6.60. The standard InChI is InChI=1S/C12H9BrClNO2S/c13-9-4-6-11(7-5-9)15-18(16,17)12-3-1-2-10(14)8-12/h1-8,15H. The molecule has 1 N–H and O–H groups in total. The van der Waals surface area contributed by atoms with Crippen LogP contribution in [0.3, 0.4) is 0 Å². The summed E-state index contributed by atoms with van der Waals surface area (Å²) in [6.07, 6.45) is 0. The summed E-state index contributed by atoms with van der Waals surface area (Å²) in [5.41, 5.74) is 0.498. The van der Waals surface area contributed by atoms with Gasteiger partial charge in [-0.05, 0) is 42.5 Å². The van der Waals surface area contributed by atoms with Crippen LogP contribution in [0.4, 0.5) is 5.69 Å². The molecule has 0 bridgehead atoms. The molecule has 0 radical (unpaired) electrons. The molecule has 0 aromatic heterocycles. The lowest BCUT2D eigenvalue weighted by Crippen LogP contribution is -2.12. The number of anilines is 1. The quantitative estimate of drug-likeness (QED) is 0.916. The molecule has 0 fully saturated rings. The summed E-state index contributed by atoms with van der Waals surface area (Å²) in [5.74, 6) is 0. The Morgan fingerprint density at radius 3 is 2.33 bits per heavy atom. The Bertz CT molecular complexity index is 656. The summed E-state index contributed by atoms with van der Waals surface area (Å²) in [5, 5.41) is 0.383. The van der Waals surface area contributed by atoms with Gasteiger partial charge in [0.2, 0.25) is 0 Å². The second kappa shape index (κ2) is 5.30. The van der Waals surface area contributed by atoms with Crippen LogP contribution in [0.2, 0.25) is 5.02 Å². The van der Waals surface area contributed by atoms with Gasteiger partial charge in [0.05, 0.1) is 4.90 Å². The smallest absolute Gasteiger partial charge is 0.261 e. The Hall–Kier alpha value is -1.04. The summed E-state index contributed by atoms with van der Waals surface area (Å²) in [4.78, 5) is 0.137. The SMILES string of the molecule is O=S(=O)(Nc1ccc(Br)cc1)c1cccc(Cl)c1. The predicted octanol–water partition coefficient (Wildman–Crippen LogP) is 3.90. The van der Waals surface area contributed by atoms with Gasteiger partial charge in [-0.2, -0.15) is 0 Å². The van der Waals surface area contributed by atoms with Crippen LogP contribution in [0.15, 0.2) is 57.9 Å². The Balaban J connectivity index is 2.30. The van der Waals surface area contributed by atoms with Crippen LogP contribution in [-0.4, -0.2) is 8.42 Å². The molecule has 2 rings (SSSR count). The maximum atomic E-state index is 12.1. The van der Waals surface area contributed by atoms with Gasteiger partial charge in [0.1, 0.15) is 0 Å². The summed E-state index contributed by atoms with van der Waals surface area (Å²) < 4.78 is 27.5. The van der Waals surface area contributed by atoms with Crippen LogP contribution in [0.25, 0.3) is 0 Å². The van der Waals surface area contributed by atoms with Crippen LogP contribution in [-0.2, 0) is 10.0 Å². The largest absolute Gasteiger partial charge is 0.280 e. The van der Waals surface area contributed by atoms with E-state index in [1.165, 1.54) is 12.1 Å². The third-order valence-corrected chi connectivity index (χ3v) is 4.35. The third-order valence-electron chi connectivity index (χ3n) is 2.20. The molecule has 18 heavy (non-hydrogen) atoms. The van der Waals surface area contributed by atoms with Gasteiger partial charge >= 0.3 is 0 Å². The maximum Gasteiger partial charge on any atom is 0.261 e. The zero-order valence-electron chi connectivity index (χ0n) is 9.10. The number of nitrogens with one attached hydrogen (secondary N) is 1. The first kappa shape index (κ1) is 13.4. The number of halogens is 2. The molecule has 0 saturated heterocycles. The molecule has 0 spiro atoms. The first-order valence-electron chi connectivity index (χ1n) is 5.01. The molecule has 0 atom stereocenters. The number of benzene rings is 2. The minimum Gasteiger partial charge on any atom is -0.280 e. The van der Waals surface area contributed by atoms with Crippen LogP contribution in [0.5, 0.6) is 0 Å². The van der Waals surface area contributed by atoms with Crippen LogP contribution in [0.1, 0.15) is 0 Å². The predicted molar refractivity (Wildman–Crippen MR) is 76.4 cm³/mol. The van der Waals surface area contributed by atoms with Gasteiger partial charge in [0.25, 0.3) is 10.0 Å². The van der Waals surface area contributed by atoms with Crippen molar-refractivity contribution in [3.63, 3.8) is 0 Å². The van der Waals surface area contributed by atoms with Crippen LogP contribution >= 0.6 is 27.5 Å². The monoisotopic (exact) mass is 345 g/mol. The van der Waals surface area contributed by atoms with E-state index >= 15 is 0 Å². The lowest BCUT2D eigenvalue weighted by atomic mass is 10.3. The van der Waals surface area contributed by atoms with Gasteiger partial charge in [-0.15, -0.1) is 0 Å². The topological polar surface area (TPSA) is 46.2 Å². The van der Waals surface area contributed by atoms with E-state index in [9.17, 15) is 8.42 Å². The maximum absolute atomic E-state index is 12.1.